The molecule has 110 valence electrons. The van der Waals surface area contributed by atoms with Gasteiger partial charge in [-0.2, -0.15) is 0 Å². The fourth-order valence-electron chi connectivity index (χ4n) is 1.81. The van der Waals surface area contributed by atoms with Gasteiger partial charge in [-0.3, -0.25) is 9.59 Å². The highest BCUT2D eigenvalue weighted by atomic mass is 16.5. The molecule has 1 atom stereocenters. The number of hydrogen-bond acceptors (Lipinski definition) is 3. The van der Waals surface area contributed by atoms with Gasteiger partial charge in [0.2, 0.25) is 0 Å². The Morgan fingerprint density at radius 2 is 1.95 bits per heavy atom. The predicted octanol–water partition coefficient (Wildman–Crippen LogP) is 2.46. The Bertz CT molecular complexity index is 442. The van der Waals surface area contributed by atoms with E-state index in [2.05, 4.69) is 5.32 Å². The van der Waals surface area contributed by atoms with Crippen LogP contribution in [0, 0.1) is 0 Å². The van der Waals surface area contributed by atoms with Crippen LogP contribution in [0.5, 0.6) is 5.75 Å². The molecule has 5 nitrogen and oxygen atoms in total. The van der Waals surface area contributed by atoms with Gasteiger partial charge in [0.1, 0.15) is 5.75 Å². The first kappa shape index (κ1) is 16.0. The molecule has 2 N–H and O–H groups in total. The number of carbonyl (C=O) groups is 2. The van der Waals surface area contributed by atoms with E-state index in [1.165, 1.54) is 0 Å². The molecule has 0 heterocycles. The predicted molar refractivity (Wildman–Crippen MR) is 76.0 cm³/mol. The van der Waals surface area contributed by atoms with Crippen LogP contribution in [0.4, 0.5) is 0 Å². The monoisotopic (exact) mass is 279 g/mol. The highest BCUT2D eigenvalue weighted by Gasteiger charge is 2.10. The smallest absolute Gasteiger partial charge is 0.303 e. The largest absolute Gasteiger partial charge is 0.494 e. The molecule has 0 aromatic heterocycles. The number of ether oxygens (including phenoxy) is 1. The molecule has 20 heavy (non-hydrogen) atoms. The number of hydrogen-bond donors (Lipinski definition) is 2. The van der Waals surface area contributed by atoms with E-state index in [1.807, 2.05) is 13.8 Å². The van der Waals surface area contributed by atoms with Gasteiger partial charge in [0.05, 0.1) is 6.61 Å². The van der Waals surface area contributed by atoms with Crippen LogP contribution < -0.4 is 10.1 Å². The average molecular weight is 279 g/mol. The van der Waals surface area contributed by atoms with Crippen LogP contribution in [0.2, 0.25) is 0 Å². The lowest BCUT2D eigenvalue weighted by molar-refractivity contribution is -0.137. The lowest BCUT2D eigenvalue weighted by atomic mass is 10.1. The fraction of sp³-hybridized carbons (Fsp3) is 0.467. The van der Waals surface area contributed by atoms with Crippen LogP contribution >= 0.6 is 0 Å². The second-order valence-electron chi connectivity index (χ2n) is 4.62. The van der Waals surface area contributed by atoms with Crippen molar-refractivity contribution in [1.29, 1.82) is 0 Å². The summed E-state index contributed by atoms with van der Waals surface area (Å²) in [6, 6.07) is 6.89. The van der Waals surface area contributed by atoms with Gasteiger partial charge in [0, 0.05) is 18.0 Å². The first-order valence-electron chi connectivity index (χ1n) is 6.78. The molecule has 5 heteroatoms. The van der Waals surface area contributed by atoms with Gasteiger partial charge >= 0.3 is 5.97 Å². The maximum atomic E-state index is 12.0. The number of carboxylic acid groups (broad SMARTS) is 1. The van der Waals surface area contributed by atoms with Crippen molar-refractivity contribution in [3.63, 3.8) is 0 Å². The second-order valence-corrected chi connectivity index (χ2v) is 4.62. The third-order valence-electron chi connectivity index (χ3n) is 2.83. The first-order chi connectivity index (χ1) is 9.52. The summed E-state index contributed by atoms with van der Waals surface area (Å²) in [7, 11) is 0. The maximum absolute atomic E-state index is 12.0. The SMILES string of the molecule is CCOc1ccc(C(=O)NC(C)CCCC(=O)O)cc1. The minimum atomic E-state index is -0.810. The van der Waals surface area contributed by atoms with Crippen molar-refractivity contribution < 1.29 is 19.4 Å². The number of nitrogens with one attached hydrogen (secondary N) is 1. The van der Waals surface area contributed by atoms with E-state index in [0.29, 0.717) is 25.0 Å². The lowest BCUT2D eigenvalue weighted by Gasteiger charge is -2.13. The summed E-state index contributed by atoms with van der Waals surface area (Å²) in [5, 5.41) is 11.4. The van der Waals surface area contributed by atoms with Crippen molar-refractivity contribution >= 4 is 11.9 Å². The molecule has 0 saturated heterocycles. The summed E-state index contributed by atoms with van der Waals surface area (Å²) in [4.78, 5) is 22.4. The summed E-state index contributed by atoms with van der Waals surface area (Å²) in [5.41, 5.74) is 0.568. The Balaban J connectivity index is 2.43. The zero-order chi connectivity index (χ0) is 15.0. The molecule has 1 amide bonds. The van der Waals surface area contributed by atoms with Crippen molar-refractivity contribution in [3.05, 3.63) is 29.8 Å². The van der Waals surface area contributed by atoms with E-state index in [-0.39, 0.29) is 18.4 Å². The van der Waals surface area contributed by atoms with Crippen LogP contribution in [-0.4, -0.2) is 29.6 Å². The minimum Gasteiger partial charge on any atom is -0.494 e. The molecule has 1 aromatic rings. The van der Waals surface area contributed by atoms with Crippen LogP contribution in [0.3, 0.4) is 0 Å². The lowest BCUT2D eigenvalue weighted by Crippen LogP contribution is -2.32. The molecular weight excluding hydrogens is 258 g/mol. The summed E-state index contributed by atoms with van der Waals surface area (Å²) in [5.74, 6) is -0.232. The molecule has 0 spiro atoms. The minimum absolute atomic E-state index is 0.0478. The number of carboxylic acids is 1. The molecule has 1 unspecified atom stereocenters. The van der Waals surface area contributed by atoms with Gasteiger partial charge in [-0.05, 0) is 51.0 Å². The molecule has 0 radical (unpaired) electrons. The van der Waals surface area contributed by atoms with Crippen LogP contribution in [0.15, 0.2) is 24.3 Å². The van der Waals surface area contributed by atoms with Gasteiger partial charge in [-0.1, -0.05) is 0 Å². The van der Waals surface area contributed by atoms with Crippen molar-refractivity contribution in [3.8, 4) is 5.75 Å². The van der Waals surface area contributed by atoms with Gasteiger partial charge in [-0.25, -0.2) is 0 Å². The summed E-state index contributed by atoms with van der Waals surface area (Å²) < 4.78 is 5.31. The fourth-order valence-corrected chi connectivity index (χ4v) is 1.81. The summed E-state index contributed by atoms with van der Waals surface area (Å²) >= 11 is 0. The van der Waals surface area contributed by atoms with Crippen molar-refractivity contribution in [2.24, 2.45) is 0 Å². The molecule has 0 bridgehead atoms. The number of aliphatic carboxylic acids is 1. The normalized spacial score (nSPS) is 11.7. The Kier molecular flexibility index (Phi) is 6.56. The number of benzene rings is 1. The quantitative estimate of drug-likeness (QED) is 0.766. The Hall–Kier alpha value is -2.04. The number of rotatable bonds is 8. The Morgan fingerprint density at radius 3 is 2.50 bits per heavy atom. The second kappa shape index (κ2) is 8.19. The number of amides is 1. The highest BCUT2D eigenvalue weighted by Crippen LogP contribution is 2.12. The summed E-state index contributed by atoms with van der Waals surface area (Å²) in [6.45, 7) is 4.36. The third kappa shape index (κ3) is 5.73. The maximum Gasteiger partial charge on any atom is 0.303 e. The van der Waals surface area contributed by atoms with Crippen LogP contribution in [0.1, 0.15) is 43.5 Å². The van der Waals surface area contributed by atoms with E-state index in [0.717, 1.165) is 5.75 Å². The molecule has 0 aliphatic carbocycles. The average Bonchev–Trinajstić information content (AvgIpc) is 2.39. The van der Waals surface area contributed by atoms with E-state index in [9.17, 15) is 9.59 Å². The Morgan fingerprint density at radius 1 is 1.30 bits per heavy atom. The topological polar surface area (TPSA) is 75.6 Å². The van der Waals surface area contributed by atoms with E-state index < -0.39 is 5.97 Å². The number of carbonyl (C=O) groups excluding carboxylic acids is 1. The molecule has 0 saturated carbocycles. The van der Waals surface area contributed by atoms with Crippen molar-refractivity contribution in [2.45, 2.75) is 39.2 Å². The van der Waals surface area contributed by atoms with Crippen molar-refractivity contribution in [2.75, 3.05) is 6.61 Å². The zero-order valence-electron chi connectivity index (χ0n) is 11.9. The van der Waals surface area contributed by atoms with E-state index in [4.69, 9.17) is 9.84 Å². The molecule has 0 aliphatic rings. The van der Waals surface area contributed by atoms with Gasteiger partial charge in [-0.15, -0.1) is 0 Å². The van der Waals surface area contributed by atoms with Gasteiger partial charge in [0.25, 0.3) is 5.91 Å². The molecule has 0 fully saturated rings. The molecule has 0 aliphatic heterocycles. The van der Waals surface area contributed by atoms with Crippen LogP contribution in [-0.2, 0) is 4.79 Å². The molecule has 1 aromatic carbocycles. The molecular formula is C15H21NO4. The first-order valence-corrected chi connectivity index (χ1v) is 6.78. The Labute approximate surface area is 118 Å². The zero-order valence-corrected chi connectivity index (χ0v) is 11.9. The van der Waals surface area contributed by atoms with Gasteiger partial charge in [0.15, 0.2) is 0 Å². The molecule has 1 rings (SSSR count). The third-order valence-corrected chi connectivity index (χ3v) is 2.83. The van der Waals surface area contributed by atoms with E-state index in [1.54, 1.807) is 24.3 Å². The summed E-state index contributed by atoms with van der Waals surface area (Å²) in [6.07, 6.45) is 1.33. The van der Waals surface area contributed by atoms with Crippen LogP contribution in [0.25, 0.3) is 0 Å². The van der Waals surface area contributed by atoms with Gasteiger partial charge < -0.3 is 15.2 Å². The van der Waals surface area contributed by atoms with Crippen molar-refractivity contribution in [1.82, 2.24) is 5.32 Å². The standard InChI is InChI=1S/C15H21NO4/c1-3-20-13-9-7-12(8-10-13)15(19)16-11(2)5-4-6-14(17)18/h7-11H,3-6H2,1-2H3,(H,16,19)(H,17,18). The highest BCUT2D eigenvalue weighted by molar-refractivity contribution is 5.94. The van der Waals surface area contributed by atoms with E-state index >= 15 is 0 Å².